The zero-order chi connectivity index (χ0) is 15.4. The molecule has 0 saturated carbocycles. The van der Waals surface area contributed by atoms with Gasteiger partial charge in [-0.3, -0.25) is 10.1 Å². The van der Waals surface area contributed by atoms with Gasteiger partial charge in [0.2, 0.25) is 5.91 Å². The number of nitrogens with one attached hydrogen (secondary N) is 1. The van der Waals surface area contributed by atoms with Crippen molar-refractivity contribution < 1.29 is 4.79 Å². The molecule has 0 aliphatic carbocycles. The molecule has 1 heterocycles. The maximum Gasteiger partial charge on any atom is 0.238 e. The summed E-state index contributed by atoms with van der Waals surface area (Å²) in [5, 5.41) is 3.36. The lowest BCUT2D eigenvalue weighted by molar-refractivity contribution is -0.131. The molecular weight excluding hydrogens is 280 g/mol. The van der Waals surface area contributed by atoms with Crippen LogP contribution in [0.25, 0.3) is 0 Å². The first-order valence-corrected chi connectivity index (χ1v) is 9.03. The Balaban J connectivity index is 2.22. The second kappa shape index (κ2) is 7.32. The molecule has 0 radical (unpaired) electrons. The Morgan fingerprint density at radius 2 is 1.90 bits per heavy atom. The Morgan fingerprint density at radius 3 is 2.43 bits per heavy atom. The third kappa shape index (κ3) is 3.43. The van der Waals surface area contributed by atoms with Gasteiger partial charge < -0.3 is 4.90 Å². The summed E-state index contributed by atoms with van der Waals surface area (Å²) in [7, 11) is 0. The van der Waals surface area contributed by atoms with Gasteiger partial charge in [-0.15, -0.1) is 11.8 Å². The summed E-state index contributed by atoms with van der Waals surface area (Å²) in [4.78, 5) is 15.6. The molecule has 1 aliphatic heterocycles. The molecule has 1 aromatic rings. The maximum atomic E-state index is 12.3. The number of benzene rings is 1. The summed E-state index contributed by atoms with van der Waals surface area (Å²) in [5.41, 5.74) is 1.18. The molecule has 1 aliphatic rings. The lowest BCUT2D eigenvalue weighted by atomic mass is 9.93. The number of carbonyl (C=O) groups excluding carboxylic acids is 1. The van der Waals surface area contributed by atoms with Gasteiger partial charge in [-0.2, -0.15) is 0 Å². The maximum absolute atomic E-state index is 12.3. The quantitative estimate of drug-likeness (QED) is 0.814. The van der Waals surface area contributed by atoms with Crippen molar-refractivity contribution in [1.29, 1.82) is 0 Å². The predicted octanol–water partition coefficient (Wildman–Crippen LogP) is 3.66. The Hall–Kier alpha value is -1.00. The summed E-state index contributed by atoms with van der Waals surface area (Å²) in [6, 6.07) is 8.80. The smallest absolute Gasteiger partial charge is 0.238 e. The number of carbonyl (C=O) groups is 1. The van der Waals surface area contributed by atoms with Crippen molar-refractivity contribution in [3.8, 4) is 0 Å². The first kappa shape index (κ1) is 16.4. The number of rotatable bonds is 6. The largest absolute Gasteiger partial charge is 0.319 e. The lowest BCUT2D eigenvalue weighted by Gasteiger charge is -2.35. The highest BCUT2D eigenvalue weighted by atomic mass is 32.2. The van der Waals surface area contributed by atoms with E-state index in [1.54, 1.807) is 11.8 Å². The first-order valence-electron chi connectivity index (χ1n) is 7.80. The molecule has 1 amide bonds. The van der Waals surface area contributed by atoms with Crippen LogP contribution in [0.2, 0.25) is 0 Å². The van der Waals surface area contributed by atoms with E-state index in [1.807, 2.05) is 4.90 Å². The lowest BCUT2D eigenvalue weighted by Crippen LogP contribution is -2.42. The minimum atomic E-state index is 0.0176. The molecule has 116 valence electrons. The van der Waals surface area contributed by atoms with Crippen LogP contribution in [0.15, 0.2) is 29.2 Å². The van der Waals surface area contributed by atoms with E-state index >= 15 is 0 Å². The van der Waals surface area contributed by atoms with Gasteiger partial charge in [0.25, 0.3) is 0 Å². The molecule has 2 atom stereocenters. The average Bonchev–Trinajstić information content (AvgIpc) is 2.90. The van der Waals surface area contributed by atoms with Crippen LogP contribution in [0.5, 0.6) is 0 Å². The Labute approximate surface area is 132 Å². The van der Waals surface area contributed by atoms with Gasteiger partial charge in [0, 0.05) is 10.9 Å². The molecule has 3 nitrogen and oxygen atoms in total. The molecule has 0 spiro atoms. The third-order valence-corrected chi connectivity index (χ3v) is 5.36. The second-order valence-electron chi connectivity index (χ2n) is 5.67. The highest BCUT2D eigenvalue weighted by Gasteiger charge is 2.36. The summed E-state index contributed by atoms with van der Waals surface area (Å²) in [6.45, 7) is 7.05. The Bertz CT molecular complexity index is 470. The summed E-state index contributed by atoms with van der Waals surface area (Å²) in [5.74, 6) is 0.773. The van der Waals surface area contributed by atoms with Crippen LogP contribution in [0.3, 0.4) is 0 Å². The highest BCUT2D eigenvalue weighted by Crippen LogP contribution is 2.30. The first-order chi connectivity index (χ1) is 10.1. The molecule has 21 heavy (non-hydrogen) atoms. The van der Waals surface area contributed by atoms with Crippen molar-refractivity contribution in [2.24, 2.45) is 5.92 Å². The number of hydrogen-bond donors (Lipinski definition) is 1. The van der Waals surface area contributed by atoms with Gasteiger partial charge in [0.05, 0.1) is 6.54 Å². The van der Waals surface area contributed by atoms with E-state index in [0.717, 1.165) is 12.8 Å². The second-order valence-corrected chi connectivity index (χ2v) is 6.55. The van der Waals surface area contributed by atoms with Crippen LogP contribution >= 0.6 is 11.8 Å². The van der Waals surface area contributed by atoms with Crippen molar-refractivity contribution in [2.45, 2.75) is 50.7 Å². The SMILES string of the molecule is CCC(CC)C(C)N1C(=O)CNC1c1ccc(SC)cc1. The molecule has 1 saturated heterocycles. The van der Waals surface area contributed by atoms with Gasteiger partial charge in [-0.1, -0.05) is 38.8 Å². The molecule has 0 bridgehead atoms. The minimum absolute atomic E-state index is 0.0176. The molecule has 1 fully saturated rings. The van der Waals surface area contributed by atoms with Crippen LogP contribution in [0, 0.1) is 5.92 Å². The summed E-state index contributed by atoms with van der Waals surface area (Å²) >= 11 is 1.74. The van der Waals surface area contributed by atoms with Crippen LogP contribution < -0.4 is 5.32 Å². The summed E-state index contributed by atoms with van der Waals surface area (Å²) in [6.07, 6.45) is 4.32. The van der Waals surface area contributed by atoms with Crippen molar-refractivity contribution in [2.75, 3.05) is 12.8 Å². The molecule has 2 rings (SSSR count). The molecule has 0 aromatic heterocycles. The third-order valence-electron chi connectivity index (χ3n) is 4.61. The fourth-order valence-corrected chi connectivity index (χ4v) is 3.65. The van der Waals surface area contributed by atoms with Gasteiger partial charge >= 0.3 is 0 Å². The fraction of sp³-hybridized carbons (Fsp3) is 0.588. The van der Waals surface area contributed by atoms with E-state index in [0.29, 0.717) is 12.5 Å². The molecule has 1 aromatic carbocycles. The van der Waals surface area contributed by atoms with E-state index < -0.39 is 0 Å². The number of thioether (sulfide) groups is 1. The van der Waals surface area contributed by atoms with Crippen LogP contribution in [-0.2, 0) is 4.79 Å². The van der Waals surface area contributed by atoms with Crippen LogP contribution in [0.1, 0.15) is 45.3 Å². The van der Waals surface area contributed by atoms with Crippen molar-refractivity contribution in [3.63, 3.8) is 0 Å². The Morgan fingerprint density at radius 1 is 1.29 bits per heavy atom. The van der Waals surface area contributed by atoms with Crippen molar-refractivity contribution in [3.05, 3.63) is 29.8 Å². The molecular formula is C17H26N2OS. The van der Waals surface area contributed by atoms with Gasteiger partial charge in [0.1, 0.15) is 6.17 Å². The molecule has 1 N–H and O–H groups in total. The normalized spacial score (nSPS) is 20.3. The van der Waals surface area contributed by atoms with Crippen molar-refractivity contribution in [1.82, 2.24) is 10.2 Å². The molecule has 2 unspecified atom stereocenters. The number of amides is 1. The van der Waals surface area contributed by atoms with Gasteiger partial charge in [-0.05, 0) is 36.8 Å². The van der Waals surface area contributed by atoms with Gasteiger partial charge in [0.15, 0.2) is 0 Å². The zero-order valence-corrected chi connectivity index (χ0v) is 14.2. The fourth-order valence-electron chi connectivity index (χ4n) is 3.24. The highest BCUT2D eigenvalue weighted by molar-refractivity contribution is 7.98. The predicted molar refractivity (Wildman–Crippen MR) is 89.3 cm³/mol. The van der Waals surface area contributed by atoms with E-state index in [9.17, 15) is 4.79 Å². The minimum Gasteiger partial charge on any atom is -0.319 e. The van der Waals surface area contributed by atoms with Crippen LogP contribution in [0.4, 0.5) is 0 Å². The van der Waals surface area contributed by atoms with E-state index in [-0.39, 0.29) is 18.1 Å². The van der Waals surface area contributed by atoms with E-state index in [1.165, 1.54) is 10.5 Å². The van der Waals surface area contributed by atoms with E-state index in [4.69, 9.17) is 0 Å². The average molecular weight is 306 g/mol. The Kier molecular flexibility index (Phi) is 5.71. The topological polar surface area (TPSA) is 32.3 Å². The van der Waals surface area contributed by atoms with Crippen molar-refractivity contribution >= 4 is 17.7 Å². The zero-order valence-electron chi connectivity index (χ0n) is 13.4. The van der Waals surface area contributed by atoms with Crippen LogP contribution in [-0.4, -0.2) is 29.6 Å². The molecule has 4 heteroatoms. The van der Waals surface area contributed by atoms with Gasteiger partial charge in [-0.25, -0.2) is 0 Å². The monoisotopic (exact) mass is 306 g/mol. The number of nitrogens with zero attached hydrogens (tertiary/aromatic N) is 1. The standard InChI is InChI=1S/C17H26N2OS/c1-5-13(6-2)12(3)19-16(20)11-18-17(19)14-7-9-15(21-4)10-8-14/h7-10,12-13,17-18H,5-6,11H2,1-4H3. The van der Waals surface area contributed by atoms with E-state index in [2.05, 4.69) is 56.6 Å². The number of hydrogen-bond acceptors (Lipinski definition) is 3. The summed E-state index contributed by atoms with van der Waals surface area (Å²) < 4.78 is 0.